The molecule has 0 saturated carbocycles. The van der Waals surface area contributed by atoms with Crippen molar-refractivity contribution in [3.05, 3.63) is 125 Å². The molecule has 0 fully saturated rings. The average Bonchev–Trinajstić information content (AvgIpc) is 3.03. The highest BCUT2D eigenvalue weighted by Gasteiger charge is 2.28. The van der Waals surface area contributed by atoms with E-state index in [0.717, 1.165) is 21.0 Å². The third-order valence-corrected chi connectivity index (χ3v) is 8.64. The fraction of sp³-hybridized carbons (Fsp3) is 0.206. The summed E-state index contributed by atoms with van der Waals surface area (Å²) in [5.41, 5.74) is 6.26. The lowest BCUT2D eigenvalue weighted by Crippen LogP contribution is -2.40. The van der Waals surface area contributed by atoms with Crippen molar-refractivity contribution in [2.75, 3.05) is 17.5 Å². The van der Waals surface area contributed by atoms with Crippen molar-refractivity contribution in [3.63, 3.8) is 0 Å². The van der Waals surface area contributed by atoms with E-state index in [-0.39, 0.29) is 23.5 Å². The average molecular weight is 613 g/mol. The van der Waals surface area contributed by atoms with Gasteiger partial charge in [0.05, 0.1) is 22.8 Å². The van der Waals surface area contributed by atoms with Gasteiger partial charge in [0.1, 0.15) is 12.3 Å². The Morgan fingerprint density at radius 1 is 0.886 bits per heavy atom. The number of hydrogen-bond acceptors (Lipinski definition) is 6. The molecule has 0 aliphatic rings. The summed E-state index contributed by atoms with van der Waals surface area (Å²) >= 11 is 0. The number of sulfonamides is 1. The third-order valence-electron chi connectivity index (χ3n) is 6.87. The zero-order valence-corrected chi connectivity index (χ0v) is 25.8. The van der Waals surface area contributed by atoms with Crippen LogP contribution in [-0.2, 0) is 26.0 Å². The van der Waals surface area contributed by atoms with Gasteiger partial charge in [-0.05, 0) is 79.4 Å². The molecule has 0 aliphatic heterocycles. The van der Waals surface area contributed by atoms with Crippen LogP contribution in [0.3, 0.4) is 0 Å². The number of ether oxygens (including phenoxy) is 1. The molecule has 4 aromatic carbocycles. The first-order chi connectivity index (χ1) is 21.2. The molecular formula is C34H36N4O5S. The number of carbonyl (C=O) groups excluding carboxylic acids is 2. The normalized spacial score (nSPS) is 12.0. The summed E-state index contributed by atoms with van der Waals surface area (Å²) in [6.07, 6.45) is 2.03. The molecule has 2 amide bonds. The molecule has 1 atom stereocenters. The predicted octanol–water partition coefficient (Wildman–Crippen LogP) is 5.16. The van der Waals surface area contributed by atoms with Gasteiger partial charge in [0.15, 0.2) is 6.61 Å². The largest absolute Gasteiger partial charge is 0.484 e. The molecule has 0 aromatic heterocycles. The van der Waals surface area contributed by atoms with Crippen LogP contribution in [0.1, 0.15) is 42.1 Å². The topological polar surface area (TPSA) is 117 Å². The van der Waals surface area contributed by atoms with Gasteiger partial charge in [-0.2, -0.15) is 5.10 Å². The smallest absolute Gasteiger partial charge is 0.264 e. The van der Waals surface area contributed by atoms with E-state index in [1.54, 1.807) is 48.5 Å². The number of benzene rings is 4. The van der Waals surface area contributed by atoms with Crippen molar-refractivity contribution < 1.29 is 22.7 Å². The molecule has 10 heteroatoms. The molecular weight excluding hydrogens is 576 g/mol. The Morgan fingerprint density at radius 2 is 1.55 bits per heavy atom. The van der Waals surface area contributed by atoms with Crippen LogP contribution in [0, 0.1) is 6.92 Å². The van der Waals surface area contributed by atoms with E-state index in [4.69, 9.17) is 4.74 Å². The Morgan fingerprint density at radius 3 is 2.23 bits per heavy atom. The van der Waals surface area contributed by atoms with Crippen LogP contribution in [0.5, 0.6) is 5.75 Å². The summed E-state index contributed by atoms with van der Waals surface area (Å²) in [6, 6.07) is 30.0. The van der Waals surface area contributed by atoms with Crippen molar-refractivity contribution in [1.29, 1.82) is 0 Å². The summed E-state index contributed by atoms with van der Waals surface area (Å²) < 4.78 is 34.0. The Kier molecular flexibility index (Phi) is 10.9. The second kappa shape index (κ2) is 15.0. The van der Waals surface area contributed by atoms with Gasteiger partial charge in [-0.15, -0.1) is 0 Å². The van der Waals surface area contributed by atoms with Crippen molar-refractivity contribution in [2.45, 2.75) is 38.1 Å². The molecule has 2 N–H and O–H groups in total. The third kappa shape index (κ3) is 8.54. The van der Waals surface area contributed by atoms with E-state index in [2.05, 4.69) is 15.8 Å². The highest BCUT2D eigenvalue weighted by Crippen LogP contribution is 2.27. The lowest BCUT2D eigenvalue weighted by atomic mass is 10.1. The number of hydrogen-bond donors (Lipinski definition) is 2. The van der Waals surface area contributed by atoms with Gasteiger partial charge in [0.2, 0.25) is 0 Å². The minimum absolute atomic E-state index is 0.0933. The van der Waals surface area contributed by atoms with Gasteiger partial charge in [-0.25, -0.2) is 13.8 Å². The van der Waals surface area contributed by atoms with E-state index >= 15 is 0 Å². The molecule has 1 unspecified atom stereocenters. The number of aryl methyl sites for hydroxylation is 2. The minimum atomic E-state index is -4.04. The van der Waals surface area contributed by atoms with Crippen LogP contribution < -0.4 is 19.8 Å². The zero-order chi connectivity index (χ0) is 31.5. The van der Waals surface area contributed by atoms with Crippen LogP contribution in [-0.4, -0.2) is 39.6 Å². The van der Waals surface area contributed by atoms with Crippen molar-refractivity contribution >= 4 is 33.7 Å². The number of rotatable bonds is 13. The van der Waals surface area contributed by atoms with Crippen molar-refractivity contribution in [3.8, 4) is 5.75 Å². The van der Waals surface area contributed by atoms with E-state index in [0.29, 0.717) is 23.4 Å². The summed E-state index contributed by atoms with van der Waals surface area (Å²) in [7, 11) is -4.04. The van der Waals surface area contributed by atoms with Crippen LogP contribution in [0.15, 0.2) is 113 Å². The highest BCUT2D eigenvalue weighted by atomic mass is 32.2. The van der Waals surface area contributed by atoms with Crippen LogP contribution >= 0.6 is 0 Å². The maximum absolute atomic E-state index is 13.7. The van der Waals surface area contributed by atoms with Gasteiger partial charge < -0.3 is 10.1 Å². The number of hydrazone groups is 1. The van der Waals surface area contributed by atoms with Crippen LogP contribution in [0.25, 0.3) is 0 Å². The molecule has 0 spiro atoms. The predicted molar refractivity (Wildman–Crippen MR) is 172 cm³/mol. The molecule has 9 nitrogen and oxygen atoms in total. The first-order valence-electron chi connectivity index (χ1n) is 14.2. The Hall–Kier alpha value is -4.96. The monoisotopic (exact) mass is 612 g/mol. The lowest BCUT2D eigenvalue weighted by molar-refractivity contribution is -0.123. The fourth-order valence-corrected chi connectivity index (χ4v) is 5.90. The summed E-state index contributed by atoms with van der Waals surface area (Å²) in [4.78, 5) is 25.3. The second-order valence-corrected chi connectivity index (χ2v) is 12.0. The fourth-order valence-electron chi connectivity index (χ4n) is 4.44. The first-order valence-corrected chi connectivity index (χ1v) is 15.7. The SMILES string of the molecule is CCc1ccccc1N(CC(=O)N/N=C/c1ccc(OCC(=O)NC(C)c2ccccc2)cc1)S(=O)(=O)c1ccc(C)cc1. The summed E-state index contributed by atoms with van der Waals surface area (Å²) in [5.74, 6) is -0.339. The van der Waals surface area contributed by atoms with Crippen LogP contribution in [0.4, 0.5) is 5.69 Å². The van der Waals surface area contributed by atoms with Gasteiger partial charge in [0.25, 0.3) is 21.8 Å². The maximum Gasteiger partial charge on any atom is 0.264 e. The van der Waals surface area contributed by atoms with E-state index < -0.39 is 22.5 Å². The molecule has 44 heavy (non-hydrogen) atoms. The number of anilines is 1. The summed E-state index contributed by atoms with van der Waals surface area (Å²) in [6.45, 7) is 5.12. The Balaban J connectivity index is 1.35. The van der Waals surface area contributed by atoms with Crippen molar-refractivity contribution in [1.82, 2.24) is 10.7 Å². The van der Waals surface area contributed by atoms with Gasteiger partial charge in [-0.1, -0.05) is 73.2 Å². The Labute approximate surface area is 258 Å². The number of nitrogens with zero attached hydrogens (tertiary/aromatic N) is 2. The standard InChI is InChI=1S/C34H36N4O5S/c1-4-28-10-8-9-13-32(28)38(44(41,42)31-20-14-25(2)15-21-31)23-33(39)37-35-22-27-16-18-30(19-17-27)43-24-34(40)36-26(3)29-11-6-5-7-12-29/h5-22,26H,4,23-24H2,1-3H3,(H,36,40)(H,37,39)/b35-22+. The Bertz CT molecular complexity index is 1690. The van der Waals surface area contributed by atoms with Crippen LogP contribution in [0.2, 0.25) is 0 Å². The van der Waals surface area contributed by atoms with E-state index in [1.165, 1.54) is 18.3 Å². The molecule has 4 aromatic rings. The van der Waals surface area contributed by atoms with E-state index in [1.807, 2.05) is 63.2 Å². The molecule has 0 bridgehead atoms. The minimum Gasteiger partial charge on any atom is -0.484 e. The second-order valence-electron chi connectivity index (χ2n) is 10.2. The molecule has 0 aliphatic carbocycles. The van der Waals surface area contributed by atoms with E-state index in [9.17, 15) is 18.0 Å². The van der Waals surface area contributed by atoms with Crippen molar-refractivity contribution in [2.24, 2.45) is 5.10 Å². The number of nitrogens with one attached hydrogen (secondary N) is 2. The molecule has 4 rings (SSSR count). The van der Waals surface area contributed by atoms with Gasteiger partial charge >= 0.3 is 0 Å². The number of para-hydroxylation sites is 1. The molecule has 0 heterocycles. The maximum atomic E-state index is 13.7. The number of amides is 2. The quantitative estimate of drug-likeness (QED) is 0.160. The molecule has 228 valence electrons. The van der Waals surface area contributed by atoms with Gasteiger partial charge in [-0.3, -0.25) is 13.9 Å². The van der Waals surface area contributed by atoms with Gasteiger partial charge in [0, 0.05) is 0 Å². The first kappa shape index (κ1) is 32.0. The molecule has 0 radical (unpaired) electrons. The zero-order valence-electron chi connectivity index (χ0n) is 24.9. The number of carbonyl (C=O) groups is 2. The highest BCUT2D eigenvalue weighted by molar-refractivity contribution is 7.92. The lowest BCUT2D eigenvalue weighted by Gasteiger charge is -2.25. The molecule has 0 saturated heterocycles. The summed E-state index contributed by atoms with van der Waals surface area (Å²) in [5, 5.41) is 6.91.